The van der Waals surface area contributed by atoms with Gasteiger partial charge in [0, 0.05) is 24.3 Å². The molecule has 0 unspecified atom stereocenters. The Labute approximate surface area is 201 Å². The molecule has 0 spiro atoms. The van der Waals surface area contributed by atoms with E-state index in [1.165, 1.54) is 11.1 Å². The first-order chi connectivity index (χ1) is 16.2. The molecule has 5 heteroatoms. The summed E-state index contributed by atoms with van der Waals surface area (Å²) in [5.74, 6) is 0.911. The SMILES string of the molecule is CCc1ccc(N2C[C@H](C(=O)Nc3ccc(Oc4ccc(C(C)(C)C)cc4)cc3)CC2=O)cc1. The summed E-state index contributed by atoms with van der Waals surface area (Å²) in [6.45, 7) is 9.02. The number of anilines is 2. The predicted molar refractivity (Wildman–Crippen MR) is 137 cm³/mol. The minimum Gasteiger partial charge on any atom is -0.457 e. The molecule has 0 aliphatic carbocycles. The summed E-state index contributed by atoms with van der Waals surface area (Å²) in [4.78, 5) is 27.0. The molecule has 1 aliphatic heterocycles. The average Bonchev–Trinajstić information content (AvgIpc) is 3.22. The van der Waals surface area contributed by atoms with E-state index in [2.05, 4.69) is 45.1 Å². The van der Waals surface area contributed by atoms with Crippen LogP contribution < -0.4 is 15.0 Å². The van der Waals surface area contributed by atoms with E-state index in [4.69, 9.17) is 4.74 Å². The lowest BCUT2D eigenvalue weighted by molar-refractivity contribution is -0.122. The molecule has 5 nitrogen and oxygen atoms in total. The molecule has 3 aromatic carbocycles. The standard InChI is InChI=1S/C29H32N2O3/c1-5-20-6-12-24(13-7-20)31-19-21(18-27(31)32)28(33)30-23-10-16-26(17-11-23)34-25-14-8-22(9-15-25)29(2,3)4/h6-17,21H,5,18-19H2,1-4H3,(H,30,33)/t21-/m1/s1. The van der Waals surface area contributed by atoms with Gasteiger partial charge in [0.25, 0.3) is 0 Å². The zero-order chi connectivity index (χ0) is 24.3. The van der Waals surface area contributed by atoms with Crippen molar-refractivity contribution >= 4 is 23.2 Å². The fourth-order valence-electron chi connectivity index (χ4n) is 4.05. The molecular weight excluding hydrogens is 424 g/mol. The second kappa shape index (κ2) is 9.72. The highest BCUT2D eigenvalue weighted by molar-refractivity contribution is 6.03. The lowest BCUT2D eigenvalue weighted by Gasteiger charge is -2.19. The van der Waals surface area contributed by atoms with Gasteiger partial charge >= 0.3 is 0 Å². The molecule has 34 heavy (non-hydrogen) atoms. The van der Waals surface area contributed by atoms with Crippen LogP contribution in [0.15, 0.2) is 72.8 Å². The van der Waals surface area contributed by atoms with Gasteiger partial charge in [-0.25, -0.2) is 0 Å². The second-order valence-electron chi connectivity index (χ2n) is 9.82. The van der Waals surface area contributed by atoms with E-state index in [0.717, 1.165) is 17.9 Å². The molecule has 0 radical (unpaired) electrons. The lowest BCUT2D eigenvalue weighted by atomic mass is 9.87. The number of amides is 2. The molecule has 1 N–H and O–H groups in total. The number of hydrogen-bond acceptors (Lipinski definition) is 3. The van der Waals surface area contributed by atoms with Crippen LogP contribution >= 0.6 is 0 Å². The lowest BCUT2D eigenvalue weighted by Crippen LogP contribution is -2.28. The normalized spacial score (nSPS) is 15.9. The highest BCUT2D eigenvalue weighted by Crippen LogP contribution is 2.29. The quantitative estimate of drug-likeness (QED) is 0.471. The van der Waals surface area contributed by atoms with E-state index in [1.807, 2.05) is 60.7 Å². The molecule has 1 saturated heterocycles. The van der Waals surface area contributed by atoms with Gasteiger partial charge in [-0.15, -0.1) is 0 Å². The van der Waals surface area contributed by atoms with E-state index < -0.39 is 0 Å². The van der Waals surface area contributed by atoms with Gasteiger partial charge < -0.3 is 15.0 Å². The second-order valence-corrected chi connectivity index (χ2v) is 9.82. The molecule has 1 aliphatic rings. The van der Waals surface area contributed by atoms with Gasteiger partial charge in [-0.05, 0) is 71.5 Å². The zero-order valence-electron chi connectivity index (χ0n) is 20.3. The van der Waals surface area contributed by atoms with E-state index >= 15 is 0 Å². The summed E-state index contributed by atoms with van der Waals surface area (Å²) in [6.07, 6.45) is 1.17. The number of carbonyl (C=O) groups excluding carboxylic acids is 2. The van der Waals surface area contributed by atoms with Crippen molar-refractivity contribution in [3.8, 4) is 11.5 Å². The number of carbonyl (C=O) groups is 2. The van der Waals surface area contributed by atoms with Crippen LogP contribution in [-0.2, 0) is 21.4 Å². The van der Waals surface area contributed by atoms with Crippen LogP contribution in [0.2, 0.25) is 0 Å². The molecule has 0 aromatic heterocycles. The Hall–Kier alpha value is -3.60. The fraction of sp³-hybridized carbons (Fsp3) is 0.310. The van der Waals surface area contributed by atoms with Crippen LogP contribution in [0.3, 0.4) is 0 Å². The number of aryl methyl sites for hydroxylation is 1. The van der Waals surface area contributed by atoms with Crippen molar-refractivity contribution in [1.29, 1.82) is 0 Å². The molecule has 0 saturated carbocycles. The third-order valence-electron chi connectivity index (χ3n) is 6.23. The Balaban J connectivity index is 1.34. The highest BCUT2D eigenvalue weighted by atomic mass is 16.5. The van der Waals surface area contributed by atoms with E-state index in [0.29, 0.717) is 18.0 Å². The van der Waals surface area contributed by atoms with Gasteiger partial charge in [-0.2, -0.15) is 0 Å². The van der Waals surface area contributed by atoms with Crippen molar-refractivity contribution in [2.75, 3.05) is 16.8 Å². The monoisotopic (exact) mass is 456 g/mol. The minimum atomic E-state index is -0.379. The summed E-state index contributed by atoms with van der Waals surface area (Å²) in [6, 6.07) is 23.3. The third-order valence-corrected chi connectivity index (χ3v) is 6.23. The summed E-state index contributed by atoms with van der Waals surface area (Å²) in [5.41, 5.74) is 4.09. The Bertz CT molecular complexity index is 1140. The Morgan fingerprint density at radius 2 is 1.53 bits per heavy atom. The Morgan fingerprint density at radius 1 is 0.941 bits per heavy atom. The topological polar surface area (TPSA) is 58.6 Å². The molecule has 3 aromatic rings. The maximum absolute atomic E-state index is 12.8. The van der Waals surface area contributed by atoms with Gasteiger partial charge in [0.05, 0.1) is 5.92 Å². The zero-order valence-corrected chi connectivity index (χ0v) is 20.3. The number of nitrogens with one attached hydrogen (secondary N) is 1. The van der Waals surface area contributed by atoms with Crippen LogP contribution in [-0.4, -0.2) is 18.4 Å². The molecule has 4 rings (SSSR count). The number of ether oxygens (including phenoxy) is 1. The predicted octanol–water partition coefficient (Wildman–Crippen LogP) is 6.33. The Kier molecular flexibility index (Phi) is 6.73. The van der Waals surface area contributed by atoms with Gasteiger partial charge in [0.1, 0.15) is 11.5 Å². The summed E-state index contributed by atoms with van der Waals surface area (Å²) in [7, 11) is 0. The van der Waals surface area contributed by atoms with Gasteiger partial charge in [-0.3, -0.25) is 9.59 Å². The number of rotatable bonds is 6. The van der Waals surface area contributed by atoms with Crippen molar-refractivity contribution < 1.29 is 14.3 Å². The fourth-order valence-corrected chi connectivity index (χ4v) is 4.05. The third kappa shape index (κ3) is 5.48. The first-order valence-corrected chi connectivity index (χ1v) is 11.8. The maximum atomic E-state index is 12.8. The summed E-state index contributed by atoms with van der Waals surface area (Å²) >= 11 is 0. The van der Waals surface area contributed by atoms with Crippen LogP contribution in [0.25, 0.3) is 0 Å². The average molecular weight is 457 g/mol. The van der Waals surface area contributed by atoms with Crippen LogP contribution in [0.5, 0.6) is 11.5 Å². The first-order valence-electron chi connectivity index (χ1n) is 11.8. The van der Waals surface area contributed by atoms with E-state index in [1.54, 1.807) is 4.90 Å². The van der Waals surface area contributed by atoms with Crippen molar-refractivity contribution in [3.63, 3.8) is 0 Å². The first kappa shape index (κ1) is 23.6. The minimum absolute atomic E-state index is 0.0226. The van der Waals surface area contributed by atoms with Crippen molar-refractivity contribution in [2.45, 2.75) is 46.0 Å². The number of benzene rings is 3. The van der Waals surface area contributed by atoms with E-state index in [-0.39, 0.29) is 29.6 Å². The van der Waals surface area contributed by atoms with Gasteiger partial charge in [-0.1, -0.05) is 52.0 Å². The molecule has 1 fully saturated rings. The maximum Gasteiger partial charge on any atom is 0.229 e. The molecule has 176 valence electrons. The molecule has 0 bridgehead atoms. The summed E-state index contributed by atoms with van der Waals surface area (Å²) < 4.78 is 5.94. The highest BCUT2D eigenvalue weighted by Gasteiger charge is 2.35. The van der Waals surface area contributed by atoms with Crippen LogP contribution in [0.1, 0.15) is 45.2 Å². The molecular formula is C29H32N2O3. The number of hydrogen-bond donors (Lipinski definition) is 1. The van der Waals surface area contributed by atoms with Crippen molar-refractivity contribution in [2.24, 2.45) is 5.92 Å². The van der Waals surface area contributed by atoms with Gasteiger partial charge in [0.15, 0.2) is 0 Å². The van der Waals surface area contributed by atoms with Crippen LogP contribution in [0.4, 0.5) is 11.4 Å². The smallest absolute Gasteiger partial charge is 0.229 e. The Morgan fingerprint density at radius 3 is 2.09 bits per heavy atom. The largest absolute Gasteiger partial charge is 0.457 e. The summed E-state index contributed by atoms with van der Waals surface area (Å²) in [5, 5.41) is 2.94. The van der Waals surface area contributed by atoms with E-state index in [9.17, 15) is 9.59 Å². The molecule has 2 amide bonds. The van der Waals surface area contributed by atoms with Crippen molar-refractivity contribution in [3.05, 3.63) is 83.9 Å². The van der Waals surface area contributed by atoms with Gasteiger partial charge in [0.2, 0.25) is 11.8 Å². The van der Waals surface area contributed by atoms with Crippen molar-refractivity contribution in [1.82, 2.24) is 0 Å². The molecule has 1 heterocycles. The number of nitrogens with zero attached hydrogens (tertiary/aromatic N) is 1. The molecule has 1 atom stereocenters. The van der Waals surface area contributed by atoms with Crippen LogP contribution in [0, 0.1) is 5.92 Å².